The summed E-state index contributed by atoms with van der Waals surface area (Å²) in [6.45, 7) is 8.57. The van der Waals surface area contributed by atoms with Gasteiger partial charge in [-0.3, -0.25) is 0 Å². The molecule has 0 spiro atoms. The van der Waals surface area contributed by atoms with Gasteiger partial charge in [-0.1, -0.05) is 0 Å². The van der Waals surface area contributed by atoms with Gasteiger partial charge in [0.15, 0.2) is 0 Å². The van der Waals surface area contributed by atoms with Gasteiger partial charge in [-0.15, -0.1) is 11.3 Å². The van der Waals surface area contributed by atoms with Crippen LogP contribution in [-0.4, -0.2) is 28.3 Å². The molecule has 0 saturated heterocycles. The molecule has 122 valence electrons. The largest absolute Gasteiger partial charge is 0.336 e. The molecule has 0 aromatic carbocycles. The van der Waals surface area contributed by atoms with E-state index in [4.69, 9.17) is 0 Å². The lowest BCUT2D eigenvalue weighted by Gasteiger charge is -2.04. The smallest absolute Gasteiger partial charge is 0.335 e. The number of nitrogens with zero attached hydrogens (tertiary/aromatic N) is 3. The van der Waals surface area contributed by atoms with E-state index in [-0.39, 0.29) is 6.03 Å². The fourth-order valence-corrected chi connectivity index (χ4v) is 3.83. The van der Waals surface area contributed by atoms with Gasteiger partial charge in [-0.05, 0) is 52.0 Å². The molecule has 6 nitrogen and oxygen atoms in total. The van der Waals surface area contributed by atoms with Gasteiger partial charge in [0, 0.05) is 17.6 Å². The Bertz CT molecular complexity index is 791. The highest BCUT2D eigenvalue weighted by atomic mass is 32.1. The zero-order chi connectivity index (χ0) is 16.6. The molecular formula is C16H21N5OS. The van der Waals surface area contributed by atoms with Gasteiger partial charge >= 0.3 is 6.03 Å². The van der Waals surface area contributed by atoms with Gasteiger partial charge < -0.3 is 5.32 Å². The normalized spacial score (nSPS) is 15.0. The summed E-state index contributed by atoms with van der Waals surface area (Å²) in [5.74, 6) is 1.43. The molecule has 0 radical (unpaired) electrons. The van der Waals surface area contributed by atoms with Crippen molar-refractivity contribution in [3.8, 4) is 0 Å². The maximum absolute atomic E-state index is 11.7. The fourth-order valence-electron chi connectivity index (χ4n) is 2.60. The topological polar surface area (TPSA) is 79.3 Å². The molecule has 7 heteroatoms. The van der Waals surface area contributed by atoms with Crippen LogP contribution in [0.1, 0.15) is 41.7 Å². The number of nitrogens with one attached hydrogen (secondary N) is 2. The van der Waals surface area contributed by atoms with Crippen LogP contribution in [0.5, 0.6) is 0 Å². The molecule has 1 aliphatic rings. The minimum absolute atomic E-state index is 0.248. The number of hydrogen-bond donors (Lipinski definition) is 2. The van der Waals surface area contributed by atoms with E-state index < -0.39 is 0 Å². The standard InChI is InChI=1S/C16H21N5OS/c1-8-13-9(2)18-11(4)19-15(13)23-14(8)10(3)20-21-16(22)17-7-12-5-6-12/h12H,5-7H2,1-4H3,(H2,17,21,22)/b20-10+. The van der Waals surface area contributed by atoms with Crippen molar-refractivity contribution < 1.29 is 4.79 Å². The molecular weight excluding hydrogens is 310 g/mol. The summed E-state index contributed by atoms with van der Waals surface area (Å²) in [6, 6.07) is -0.248. The summed E-state index contributed by atoms with van der Waals surface area (Å²) in [7, 11) is 0. The zero-order valence-electron chi connectivity index (χ0n) is 13.9. The number of carbonyl (C=O) groups excluding carboxylic acids is 1. The van der Waals surface area contributed by atoms with Crippen LogP contribution < -0.4 is 10.7 Å². The summed E-state index contributed by atoms with van der Waals surface area (Å²) in [5, 5.41) is 8.14. The summed E-state index contributed by atoms with van der Waals surface area (Å²) in [5.41, 5.74) is 5.45. The van der Waals surface area contributed by atoms with E-state index in [1.54, 1.807) is 11.3 Å². The highest BCUT2D eigenvalue weighted by molar-refractivity contribution is 7.20. The van der Waals surface area contributed by atoms with Crippen molar-refractivity contribution in [3.05, 3.63) is 22.0 Å². The quantitative estimate of drug-likeness (QED) is 0.667. The number of urea groups is 1. The van der Waals surface area contributed by atoms with Crippen molar-refractivity contribution in [2.45, 2.75) is 40.5 Å². The number of amides is 2. The monoisotopic (exact) mass is 331 g/mol. The molecule has 23 heavy (non-hydrogen) atoms. The molecule has 0 unspecified atom stereocenters. The molecule has 2 amide bonds. The van der Waals surface area contributed by atoms with Gasteiger partial charge in [0.05, 0.1) is 10.6 Å². The number of thiophene rings is 1. The van der Waals surface area contributed by atoms with Crippen LogP contribution in [0.4, 0.5) is 4.79 Å². The third-order valence-electron chi connectivity index (χ3n) is 3.98. The summed E-state index contributed by atoms with van der Waals surface area (Å²) in [4.78, 5) is 22.7. The van der Waals surface area contributed by atoms with E-state index in [2.05, 4.69) is 25.8 Å². The average molecular weight is 331 g/mol. The molecule has 3 rings (SSSR count). The molecule has 2 aromatic rings. The zero-order valence-corrected chi connectivity index (χ0v) is 14.7. The summed E-state index contributed by atoms with van der Waals surface area (Å²) >= 11 is 1.59. The van der Waals surface area contributed by atoms with E-state index >= 15 is 0 Å². The Kier molecular flexibility index (Phi) is 4.30. The highest BCUT2D eigenvalue weighted by Gasteiger charge is 2.21. The Morgan fingerprint density at radius 3 is 2.74 bits per heavy atom. The Morgan fingerprint density at radius 2 is 2.04 bits per heavy atom. The first-order chi connectivity index (χ1) is 11.0. The number of carbonyl (C=O) groups is 1. The van der Waals surface area contributed by atoms with Crippen molar-refractivity contribution in [2.24, 2.45) is 11.0 Å². The van der Waals surface area contributed by atoms with Gasteiger partial charge in [-0.25, -0.2) is 20.2 Å². The predicted octanol–water partition coefficient (Wildman–Crippen LogP) is 3.05. The number of fused-ring (bicyclic) bond motifs is 1. The highest BCUT2D eigenvalue weighted by Crippen LogP contribution is 2.31. The van der Waals surface area contributed by atoms with E-state index in [0.717, 1.165) is 44.4 Å². The number of aromatic nitrogens is 2. The van der Waals surface area contributed by atoms with Crippen LogP contribution in [0.2, 0.25) is 0 Å². The third kappa shape index (κ3) is 3.50. The van der Waals surface area contributed by atoms with Crippen molar-refractivity contribution >= 4 is 33.3 Å². The molecule has 0 atom stereocenters. The SMILES string of the molecule is C/C(=N\NC(=O)NCC1CC1)c1sc2nc(C)nc(C)c2c1C. The second-order valence-corrected chi connectivity index (χ2v) is 7.05. The van der Waals surface area contributed by atoms with E-state index in [9.17, 15) is 4.79 Å². The van der Waals surface area contributed by atoms with Crippen LogP contribution >= 0.6 is 11.3 Å². The molecule has 0 aliphatic heterocycles. The summed E-state index contributed by atoms with van der Waals surface area (Å²) in [6.07, 6.45) is 2.42. The molecule has 1 aliphatic carbocycles. The Balaban J connectivity index is 1.78. The second-order valence-electron chi connectivity index (χ2n) is 6.05. The van der Waals surface area contributed by atoms with Gasteiger partial charge in [0.1, 0.15) is 10.7 Å². The van der Waals surface area contributed by atoms with Crippen molar-refractivity contribution in [2.75, 3.05) is 6.54 Å². The molecule has 2 N–H and O–H groups in total. The summed E-state index contributed by atoms with van der Waals surface area (Å²) < 4.78 is 0. The van der Waals surface area contributed by atoms with Crippen LogP contribution in [0.15, 0.2) is 5.10 Å². The van der Waals surface area contributed by atoms with Gasteiger partial charge in [-0.2, -0.15) is 5.10 Å². The maximum Gasteiger partial charge on any atom is 0.335 e. The van der Waals surface area contributed by atoms with Gasteiger partial charge in [0.25, 0.3) is 0 Å². The molecule has 1 fully saturated rings. The maximum atomic E-state index is 11.7. The first-order valence-corrected chi connectivity index (χ1v) is 8.60. The van der Waals surface area contributed by atoms with E-state index in [1.165, 1.54) is 12.8 Å². The van der Waals surface area contributed by atoms with Gasteiger partial charge in [0.2, 0.25) is 0 Å². The predicted molar refractivity (Wildman–Crippen MR) is 93.1 cm³/mol. The minimum atomic E-state index is -0.248. The molecule has 2 aromatic heterocycles. The first-order valence-electron chi connectivity index (χ1n) is 7.78. The fraction of sp³-hybridized carbons (Fsp3) is 0.500. The lowest BCUT2D eigenvalue weighted by atomic mass is 10.1. The molecule has 0 bridgehead atoms. The number of aryl methyl sites for hydroxylation is 3. The first kappa shape index (κ1) is 15.9. The Hall–Kier alpha value is -2.02. The van der Waals surface area contributed by atoms with Crippen molar-refractivity contribution in [3.63, 3.8) is 0 Å². The van der Waals surface area contributed by atoms with Crippen molar-refractivity contribution in [1.82, 2.24) is 20.7 Å². The van der Waals surface area contributed by atoms with E-state index in [1.807, 2.05) is 27.7 Å². The van der Waals surface area contributed by atoms with E-state index in [0.29, 0.717) is 5.92 Å². The Morgan fingerprint density at radius 1 is 1.30 bits per heavy atom. The van der Waals surface area contributed by atoms with Crippen LogP contribution in [0.25, 0.3) is 10.2 Å². The van der Waals surface area contributed by atoms with Crippen molar-refractivity contribution in [1.29, 1.82) is 0 Å². The second kappa shape index (κ2) is 6.23. The number of hydrazone groups is 1. The lowest BCUT2D eigenvalue weighted by Crippen LogP contribution is -2.34. The van der Waals surface area contributed by atoms with Crippen LogP contribution in [0.3, 0.4) is 0 Å². The number of hydrogen-bond acceptors (Lipinski definition) is 5. The Labute approximate surface area is 139 Å². The third-order valence-corrected chi connectivity index (χ3v) is 5.28. The van der Waals surface area contributed by atoms with Crippen LogP contribution in [0, 0.1) is 26.7 Å². The average Bonchev–Trinajstić information content (AvgIpc) is 3.26. The molecule has 2 heterocycles. The minimum Gasteiger partial charge on any atom is -0.336 e. The number of rotatable bonds is 4. The molecule has 1 saturated carbocycles. The van der Waals surface area contributed by atoms with Crippen LogP contribution in [-0.2, 0) is 0 Å². The lowest BCUT2D eigenvalue weighted by molar-refractivity contribution is 0.241.